The second-order valence-corrected chi connectivity index (χ2v) is 7.87. The quantitative estimate of drug-likeness (QED) is 0.576. The number of carbonyl (C=O) groups excluding carboxylic acids is 1. The minimum Gasteiger partial charge on any atom is -0.337 e. The van der Waals surface area contributed by atoms with Gasteiger partial charge in [-0.05, 0) is 52.9 Å². The van der Waals surface area contributed by atoms with Gasteiger partial charge < -0.3 is 4.90 Å². The molecule has 0 N–H and O–H groups in total. The summed E-state index contributed by atoms with van der Waals surface area (Å²) in [5, 5.41) is 0. The lowest BCUT2D eigenvalue weighted by Crippen LogP contribution is -2.26. The number of hydrogen-bond donors (Lipinski definition) is 0. The Morgan fingerprint density at radius 1 is 1.42 bits per heavy atom. The molecule has 1 heterocycles. The predicted octanol–water partition coefficient (Wildman–Crippen LogP) is 5.04. The van der Waals surface area contributed by atoms with E-state index >= 15 is 0 Å². The van der Waals surface area contributed by atoms with Crippen molar-refractivity contribution in [2.24, 2.45) is 0 Å². The Kier molecular flexibility index (Phi) is 5.28. The lowest BCUT2D eigenvalue weighted by atomic mass is 10.2. The Bertz CT molecular complexity index is 616. The standard InChI is InChI=1S/C13H10BrClINOS/c1-17(7-9-3-5-12(15)19-9)13(18)10-6-8(14)2-4-11(10)16/h2-6H,7H2,1H3. The third-order valence-electron chi connectivity index (χ3n) is 2.53. The van der Waals surface area contributed by atoms with Crippen LogP contribution in [-0.2, 0) is 6.54 Å². The van der Waals surface area contributed by atoms with Crippen LogP contribution >= 0.6 is 61.5 Å². The number of benzene rings is 1. The van der Waals surface area contributed by atoms with Gasteiger partial charge in [0.25, 0.3) is 5.91 Å². The van der Waals surface area contributed by atoms with E-state index in [2.05, 4.69) is 38.5 Å². The van der Waals surface area contributed by atoms with E-state index in [4.69, 9.17) is 11.6 Å². The Hall–Kier alpha value is -0.110. The average molecular weight is 471 g/mol. The maximum Gasteiger partial charge on any atom is 0.255 e. The summed E-state index contributed by atoms with van der Waals surface area (Å²) >= 11 is 13.0. The second-order valence-electron chi connectivity index (χ2n) is 3.99. The van der Waals surface area contributed by atoms with Gasteiger partial charge in [0.2, 0.25) is 0 Å². The van der Waals surface area contributed by atoms with Gasteiger partial charge in [-0.25, -0.2) is 0 Å². The third-order valence-corrected chi connectivity index (χ3v) is 5.18. The Morgan fingerprint density at radius 2 is 2.16 bits per heavy atom. The van der Waals surface area contributed by atoms with Crippen LogP contribution in [0.1, 0.15) is 15.2 Å². The zero-order chi connectivity index (χ0) is 14.0. The van der Waals surface area contributed by atoms with Crippen molar-refractivity contribution in [1.82, 2.24) is 4.90 Å². The molecule has 0 aliphatic heterocycles. The van der Waals surface area contributed by atoms with E-state index in [9.17, 15) is 4.79 Å². The van der Waals surface area contributed by atoms with Crippen LogP contribution in [0.5, 0.6) is 0 Å². The number of amides is 1. The summed E-state index contributed by atoms with van der Waals surface area (Å²) in [5.41, 5.74) is 0.708. The van der Waals surface area contributed by atoms with E-state index in [1.165, 1.54) is 11.3 Å². The van der Waals surface area contributed by atoms with Gasteiger partial charge in [0.1, 0.15) is 0 Å². The normalized spacial score (nSPS) is 10.5. The molecule has 1 amide bonds. The SMILES string of the molecule is CN(Cc1ccc(Cl)s1)C(=O)c1cc(Br)ccc1I. The molecule has 0 spiro atoms. The predicted molar refractivity (Wildman–Crippen MR) is 92.0 cm³/mol. The van der Waals surface area contributed by atoms with Crippen molar-refractivity contribution < 1.29 is 4.79 Å². The summed E-state index contributed by atoms with van der Waals surface area (Å²) in [4.78, 5) is 15.2. The highest BCUT2D eigenvalue weighted by Gasteiger charge is 2.16. The van der Waals surface area contributed by atoms with Crippen LogP contribution in [0.25, 0.3) is 0 Å². The first-order valence-corrected chi connectivity index (χ1v) is 8.48. The Labute approximate surface area is 143 Å². The number of nitrogens with zero attached hydrogens (tertiary/aromatic N) is 1. The summed E-state index contributed by atoms with van der Waals surface area (Å²) in [6.07, 6.45) is 0. The molecule has 0 saturated heterocycles. The van der Waals surface area contributed by atoms with Gasteiger partial charge in [0.05, 0.1) is 16.4 Å². The minimum absolute atomic E-state index is 0.00947. The molecule has 0 unspecified atom stereocenters. The zero-order valence-electron chi connectivity index (χ0n) is 9.99. The van der Waals surface area contributed by atoms with Crippen LogP contribution in [0.3, 0.4) is 0 Å². The zero-order valence-corrected chi connectivity index (χ0v) is 15.3. The number of rotatable bonds is 3. The summed E-state index contributed by atoms with van der Waals surface area (Å²) in [7, 11) is 1.80. The molecule has 19 heavy (non-hydrogen) atoms. The van der Waals surface area contributed by atoms with E-state index in [0.29, 0.717) is 12.1 Å². The molecule has 0 fully saturated rings. The van der Waals surface area contributed by atoms with Gasteiger partial charge in [-0.15, -0.1) is 11.3 Å². The summed E-state index contributed by atoms with van der Waals surface area (Å²) in [5.74, 6) is 0.00947. The molecule has 0 aliphatic rings. The fourth-order valence-corrected chi connectivity index (χ4v) is 3.68. The molecule has 2 rings (SSSR count). The fraction of sp³-hybridized carbons (Fsp3) is 0.154. The Morgan fingerprint density at radius 3 is 2.79 bits per heavy atom. The topological polar surface area (TPSA) is 20.3 Å². The molecule has 1 aromatic heterocycles. The first-order chi connectivity index (χ1) is 8.97. The lowest BCUT2D eigenvalue weighted by molar-refractivity contribution is 0.0785. The van der Waals surface area contributed by atoms with Crippen molar-refractivity contribution in [2.75, 3.05) is 7.05 Å². The van der Waals surface area contributed by atoms with E-state index in [0.717, 1.165) is 17.3 Å². The van der Waals surface area contributed by atoms with Gasteiger partial charge in [-0.2, -0.15) is 0 Å². The highest BCUT2D eigenvalue weighted by Crippen LogP contribution is 2.24. The van der Waals surface area contributed by atoms with E-state index < -0.39 is 0 Å². The largest absolute Gasteiger partial charge is 0.337 e. The Balaban J connectivity index is 2.16. The molecular formula is C13H10BrClINOS. The van der Waals surface area contributed by atoms with Crippen molar-refractivity contribution in [1.29, 1.82) is 0 Å². The van der Waals surface area contributed by atoms with Gasteiger partial charge in [-0.1, -0.05) is 27.5 Å². The van der Waals surface area contributed by atoms with Crippen LogP contribution in [0, 0.1) is 3.57 Å². The second kappa shape index (κ2) is 6.56. The highest BCUT2D eigenvalue weighted by atomic mass is 127. The maximum absolute atomic E-state index is 12.4. The highest BCUT2D eigenvalue weighted by molar-refractivity contribution is 14.1. The van der Waals surface area contributed by atoms with Crippen LogP contribution < -0.4 is 0 Å². The summed E-state index contributed by atoms with van der Waals surface area (Å²) in [6, 6.07) is 9.50. The molecule has 1 aromatic carbocycles. The molecule has 6 heteroatoms. The van der Waals surface area contributed by atoms with Crippen LogP contribution in [-0.4, -0.2) is 17.9 Å². The van der Waals surface area contributed by atoms with Crippen LogP contribution in [0.4, 0.5) is 0 Å². The third kappa shape index (κ3) is 3.93. The monoisotopic (exact) mass is 469 g/mol. The molecule has 2 aromatic rings. The van der Waals surface area contributed by atoms with Crippen molar-refractivity contribution in [3.8, 4) is 0 Å². The number of carbonyl (C=O) groups is 1. The number of halogens is 3. The van der Waals surface area contributed by atoms with Crippen molar-refractivity contribution in [2.45, 2.75) is 6.54 Å². The average Bonchev–Trinajstić information content (AvgIpc) is 2.77. The first-order valence-electron chi connectivity index (χ1n) is 5.42. The molecule has 2 nitrogen and oxygen atoms in total. The number of hydrogen-bond acceptors (Lipinski definition) is 2. The summed E-state index contributed by atoms with van der Waals surface area (Å²) in [6.45, 7) is 0.568. The molecular weight excluding hydrogens is 460 g/mol. The van der Waals surface area contributed by atoms with Crippen LogP contribution in [0.2, 0.25) is 4.34 Å². The van der Waals surface area contributed by atoms with Crippen molar-refractivity contribution in [3.05, 3.63) is 53.2 Å². The van der Waals surface area contributed by atoms with Crippen LogP contribution in [0.15, 0.2) is 34.8 Å². The van der Waals surface area contributed by atoms with Gasteiger partial charge in [0, 0.05) is 20.0 Å². The molecule has 100 valence electrons. The molecule has 0 bridgehead atoms. The van der Waals surface area contributed by atoms with Gasteiger partial charge in [-0.3, -0.25) is 4.79 Å². The molecule has 0 radical (unpaired) electrons. The smallest absolute Gasteiger partial charge is 0.255 e. The fourth-order valence-electron chi connectivity index (χ4n) is 1.61. The number of thiophene rings is 1. The maximum atomic E-state index is 12.4. The molecule has 0 saturated carbocycles. The van der Waals surface area contributed by atoms with Gasteiger partial charge >= 0.3 is 0 Å². The van der Waals surface area contributed by atoms with E-state index in [-0.39, 0.29) is 5.91 Å². The van der Waals surface area contributed by atoms with Gasteiger partial charge in [0.15, 0.2) is 0 Å². The first kappa shape index (κ1) is 15.3. The molecule has 0 atom stereocenters. The summed E-state index contributed by atoms with van der Waals surface area (Å²) < 4.78 is 2.60. The van der Waals surface area contributed by atoms with E-state index in [1.54, 1.807) is 11.9 Å². The molecule has 0 aliphatic carbocycles. The van der Waals surface area contributed by atoms with E-state index in [1.807, 2.05) is 30.3 Å². The lowest BCUT2D eigenvalue weighted by Gasteiger charge is -2.17. The minimum atomic E-state index is 0.00947. The van der Waals surface area contributed by atoms with Crippen molar-refractivity contribution in [3.63, 3.8) is 0 Å². The van der Waals surface area contributed by atoms with Crippen molar-refractivity contribution >= 4 is 67.4 Å².